The van der Waals surface area contributed by atoms with Crippen molar-refractivity contribution in [2.45, 2.75) is 34.1 Å². The molecule has 0 aromatic carbocycles. The molecule has 7 heavy (non-hydrogen) atoms. The van der Waals surface area contributed by atoms with E-state index in [0.717, 1.165) is 0 Å². The Labute approximate surface area is 54.0 Å². The molecule has 0 amide bonds. The summed E-state index contributed by atoms with van der Waals surface area (Å²) in [6.07, 6.45) is 0. The predicted molar refractivity (Wildman–Crippen MR) is 37.2 cm³/mol. The summed E-state index contributed by atoms with van der Waals surface area (Å²) in [5.41, 5.74) is 0. The fraction of sp³-hybridized carbons (Fsp3) is 1.00. The molecule has 0 heterocycles. The molecule has 0 atom stereocenters. The minimum absolute atomic E-state index is 0.653. The van der Waals surface area contributed by atoms with E-state index in [0.29, 0.717) is 0 Å². The van der Waals surface area contributed by atoms with Crippen LogP contribution in [0.2, 0.25) is 13.3 Å². The second-order valence-corrected chi connectivity index (χ2v) is 12.1. The van der Waals surface area contributed by atoms with Crippen molar-refractivity contribution >= 4 is 19.8 Å². The van der Waals surface area contributed by atoms with Crippen LogP contribution in [0.3, 0.4) is 0 Å². The Morgan fingerprint density at radius 1 is 0.857 bits per heavy atom. The fourth-order valence-corrected chi connectivity index (χ4v) is 5.03. The first-order chi connectivity index (χ1) is 3.35. The summed E-state index contributed by atoms with van der Waals surface area (Å²) in [6, 6.07) is 0. The molecule has 1 radical (unpaired) electrons. The molecule has 0 aromatic rings. The van der Waals surface area contributed by atoms with Gasteiger partial charge in [-0.3, -0.25) is 0 Å². The number of hydrogen-bond donors (Lipinski definition) is 0. The van der Waals surface area contributed by atoms with Crippen molar-refractivity contribution in [3.05, 3.63) is 0 Å². The standard InChI is InChI=1S/3C2H5.Sn/c3*1-2;/h3*1H2,2H3;. The van der Waals surface area contributed by atoms with E-state index in [-0.39, 0.29) is 0 Å². The Kier molecular flexibility index (Phi) is 5.51. The quantitative estimate of drug-likeness (QED) is 0.622. The zero-order chi connectivity index (χ0) is 5.70. The molecule has 0 aliphatic rings. The van der Waals surface area contributed by atoms with Gasteiger partial charge in [0.25, 0.3) is 0 Å². The van der Waals surface area contributed by atoms with Crippen LogP contribution in [0.25, 0.3) is 0 Å². The van der Waals surface area contributed by atoms with Crippen molar-refractivity contribution in [3.63, 3.8) is 0 Å². The summed E-state index contributed by atoms with van der Waals surface area (Å²) in [5, 5.41) is 0. The van der Waals surface area contributed by atoms with Crippen LogP contribution in [0.15, 0.2) is 0 Å². The summed E-state index contributed by atoms with van der Waals surface area (Å²) in [5.74, 6) is 0. The van der Waals surface area contributed by atoms with E-state index in [9.17, 15) is 0 Å². The molecule has 0 bridgehead atoms. The first-order valence-corrected chi connectivity index (χ1v) is 9.24. The van der Waals surface area contributed by atoms with E-state index < -0.39 is 19.8 Å². The van der Waals surface area contributed by atoms with Crippen LogP contribution < -0.4 is 0 Å². The Bertz CT molecular complexity index is 25.7. The molecule has 0 N–H and O–H groups in total. The summed E-state index contributed by atoms with van der Waals surface area (Å²) in [4.78, 5) is 0. The first kappa shape index (κ1) is 7.80. The molecule has 0 unspecified atom stereocenters. The first-order valence-electron chi connectivity index (χ1n) is 3.18. The van der Waals surface area contributed by atoms with Gasteiger partial charge in [-0.25, -0.2) is 0 Å². The Morgan fingerprint density at radius 2 is 1.14 bits per heavy atom. The van der Waals surface area contributed by atoms with Gasteiger partial charge in [-0.15, -0.1) is 0 Å². The summed E-state index contributed by atoms with van der Waals surface area (Å²) in [7, 11) is 0. The van der Waals surface area contributed by atoms with Gasteiger partial charge in [0.05, 0.1) is 0 Å². The average molecular weight is 206 g/mol. The molecule has 0 saturated heterocycles. The van der Waals surface area contributed by atoms with E-state index in [1.54, 1.807) is 13.3 Å². The number of hydrogen-bond acceptors (Lipinski definition) is 0. The van der Waals surface area contributed by atoms with Gasteiger partial charge in [-0.1, -0.05) is 0 Å². The maximum absolute atomic E-state index is 2.35. The summed E-state index contributed by atoms with van der Waals surface area (Å²) in [6.45, 7) is 7.05. The van der Waals surface area contributed by atoms with Gasteiger partial charge >= 0.3 is 53.8 Å². The Hall–Kier alpha value is 0.799. The van der Waals surface area contributed by atoms with Gasteiger partial charge in [0, 0.05) is 0 Å². The van der Waals surface area contributed by atoms with Crippen molar-refractivity contribution in [1.82, 2.24) is 0 Å². The molecule has 43 valence electrons. The predicted octanol–water partition coefficient (Wildman–Crippen LogP) is 2.54. The molecular formula is C6H15Sn. The van der Waals surface area contributed by atoms with Crippen molar-refractivity contribution in [2.24, 2.45) is 0 Å². The van der Waals surface area contributed by atoms with E-state index in [4.69, 9.17) is 0 Å². The molecule has 0 aromatic heterocycles. The van der Waals surface area contributed by atoms with Gasteiger partial charge in [0.15, 0.2) is 0 Å². The molecule has 0 rings (SSSR count). The third-order valence-electron chi connectivity index (χ3n) is 1.50. The van der Waals surface area contributed by atoms with E-state index in [2.05, 4.69) is 20.8 Å². The third-order valence-corrected chi connectivity index (χ3v) is 10.1. The van der Waals surface area contributed by atoms with E-state index in [1.165, 1.54) is 0 Å². The van der Waals surface area contributed by atoms with Crippen molar-refractivity contribution in [1.29, 1.82) is 0 Å². The zero-order valence-corrected chi connectivity index (χ0v) is 8.48. The molecule has 1 heteroatoms. The molecule has 0 saturated carbocycles. The number of rotatable bonds is 3. The molecule has 0 aliphatic heterocycles. The average Bonchev–Trinajstić information content (AvgIpc) is 1.72. The Balaban J connectivity index is 2.99. The van der Waals surface area contributed by atoms with Gasteiger partial charge in [-0.2, -0.15) is 0 Å². The van der Waals surface area contributed by atoms with Crippen LogP contribution in [0.5, 0.6) is 0 Å². The van der Waals surface area contributed by atoms with E-state index in [1.807, 2.05) is 0 Å². The molecule has 0 spiro atoms. The summed E-state index contributed by atoms with van der Waals surface area (Å²) >= 11 is -0.653. The second-order valence-electron chi connectivity index (χ2n) is 1.81. The van der Waals surface area contributed by atoms with Gasteiger partial charge < -0.3 is 0 Å². The second kappa shape index (κ2) is 4.95. The van der Waals surface area contributed by atoms with Gasteiger partial charge in [-0.05, 0) is 0 Å². The monoisotopic (exact) mass is 207 g/mol. The third kappa shape index (κ3) is 3.39. The van der Waals surface area contributed by atoms with E-state index >= 15 is 0 Å². The fourth-order valence-electron chi connectivity index (χ4n) is 0.750. The van der Waals surface area contributed by atoms with Crippen LogP contribution in [0.4, 0.5) is 0 Å². The van der Waals surface area contributed by atoms with Crippen molar-refractivity contribution < 1.29 is 0 Å². The molecular weight excluding hydrogens is 191 g/mol. The Morgan fingerprint density at radius 3 is 1.14 bits per heavy atom. The SMILES string of the molecule is C[CH2][Sn]([CH2]C)[CH2]C. The topological polar surface area (TPSA) is 0 Å². The van der Waals surface area contributed by atoms with Crippen LogP contribution >= 0.6 is 0 Å². The van der Waals surface area contributed by atoms with Crippen LogP contribution in [-0.2, 0) is 0 Å². The molecule has 0 aliphatic carbocycles. The molecule has 0 nitrogen and oxygen atoms in total. The minimum atomic E-state index is -0.653. The summed E-state index contributed by atoms with van der Waals surface area (Å²) < 4.78 is 4.65. The van der Waals surface area contributed by atoms with Crippen molar-refractivity contribution in [3.8, 4) is 0 Å². The maximum atomic E-state index is 2.35. The van der Waals surface area contributed by atoms with Gasteiger partial charge in [0.1, 0.15) is 0 Å². The van der Waals surface area contributed by atoms with Crippen LogP contribution in [-0.4, -0.2) is 19.8 Å². The van der Waals surface area contributed by atoms with Crippen LogP contribution in [0.1, 0.15) is 20.8 Å². The van der Waals surface area contributed by atoms with Gasteiger partial charge in [0.2, 0.25) is 0 Å². The zero-order valence-electron chi connectivity index (χ0n) is 5.62. The van der Waals surface area contributed by atoms with Crippen molar-refractivity contribution in [2.75, 3.05) is 0 Å². The van der Waals surface area contributed by atoms with Crippen LogP contribution in [0, 0.1) is 0 Å². The molecule has 0 fully saturated rings. The normalized spacial score (nSPS) is 10.3.